The van der Waals surface area contributed by atoms with E-state index in [-0.39, 0.29) is 0 Å². The zero-order chi connectivity index (χ0) is 18.9. The minimum atomic E-state index is -0.483. The summed E-state index contributed by atoms with van der Waals surface area (Å²) in [5.41, 5.74) is 3.40. The van der Waals surface area contributed by atoms with Crippen LogP contribution < -0.4 is 16.0 Å². The third-order valence-corrected chi connectivity index (χ3v) is 3.30. The summed E-state index contributed by atoms with van der Waals surface area (Å²) in [5, 5.41) is 9.15. The van der Waals surface area contributed by atoms with Crippen LogP contribution in [-0.4, -0.2) is 44.3 Å². The van der Waals surface area contributed by atoms with Crippen molar-refractivity contribution in [3.8, 4) is 0 Å². The van der Waals surface area contributed by atoms with Gasteiger partial charge in [-0.15, -0.1) is 0 Å². The molecule has 0 atom stereocenters. The number of carbonyl (C=O) groups is 1. The zero-order valence-corrected chi connectivity index (χ0v) is 16.3. The number of nitrogens with zero attached hydrogens (tertiary/aromatic N) is 1. The molecule has 0 heterocycles. The monoisotopic (exact) mass is 348 g/mol. The number of aryl methyl sites for hydroxylation is 2. The lowest BCUT2D eigenvalue weighted by Gasteiger charge is -2.20. The van der Waals surface area contributed by atoms with Crippen LogP contribution in [0, 0.1) is 13.8 Å². The van der Waals surface area contributed by atoms with Gasteiger partial charge in [0.25, 0.3) is 0 Å². The first kappa shape index (κ1) is 20.8. The summed E-state index contributed by atoms with van der Waals surface area (Å²) in [6, 6.07) is 6.58. The van der Waals surface area contributed by atoms with Crippen LogP contribution in [0.2, 0.25) is 0 Å². The smallest absolute Gasteiger partial charge is 0.407 e. The van der Waals surface area contributed by atoms with E-state index in [1.54, 1.807) is 7.05 Å². The van der Waals surface area contributed by atoms with E-state index in [2.05, 4.69) is 53.0 Å². The number of alkyl carbamates (subject to hydrolysis) is 1. The van der Waals surface area contributed by atoms with Crippen molar-refractivity contribution in [1.82, 2.24) is 16.0 Å². The number of carbonyl (C=O) groups excluding carboxylic acids is 1. The lowest BCUT2D eigenvalue weighted by Crippen LogP contribution is -2.43. The highest BCUT2D eigenvalue weighted by molar-refractivity contribution is 5.79. The highest BCUT2D eigenvalue weighted by Gasteiger charge is 2.15. The minimum Gasteiger partial charge on any atom is -0.444 e. The lowest BCUT2D eigenvalue weighted by molar-refractivity contribution is 0.0529. The minimum absolute atomic E-state index is 0.410. The van der Waals surface area contributed by atoms with Gasteiger partial charge in [-0.05, 0) is 46.6 Å². The number of nitrogens with one attached hydrogen (secondary N) is 3. The van der Waals surface area contributed by atoms with Gasteiger partial charge < -0.3 is 20.7 Å². The quantitative estimate of drug-likeness (QED) is 0.420. The maximum Gasteiger partial charge on any atom is 0.407 e. The molecule has 6 heteroatoms. The maximum absolute atomic E-state index is 11.5. The topological polar surface area (TPSA) is 74.8 Å². The van der Waals surface area contributed by atoms with Gasteiger partial charge in [-0.1, -0.05) is 29.3 Å². The number of aliphatic imine (C=N–C) groups is 1. The molecule has 0 fully saturated rings. The van der Waals surface area contributed by atoms with Crippen LogP contribution in [0.25, 0.3) is 0 Å². The molecule has 0 aliphatic rings. The molecular formula is C19H32N4O2. The number of benzene rings is 1. The van der Waals surface area contributed by atoms with E-state index in [1.807, 2.05) is 20.8 Å². The second-order valence-electron chi connectivity index (χ2n) is 7.10. The average Bonchev–Trinajstić information content (AvgIpc) is 2.46. The Hall–Kier alpha value is -2.24. The van der Waals surface area contributed by atoms with Crippen molar-refractivity contribution >= 4 is 12.1 Å². The van der Waals surface area contributed by atoms with E-state index in [4.69, 9.17) is 4.74 Å². The number of hydrogen-bond acceptors (Lipinski definition) is 3. The first-order valence-corrected chi connectivity index (χ1v) is 8.68. The highest BCUT2D eigenvalue weighted by atomic mass is 16.6. The Morgan fingerprint density at radius 2 is 1.56 bits per heavy atom. The summed E-state index contributed by atoms with van der Waals surface area (Å²) in [7, 11) is 1.73. The van der Waals surface area contributed by atoms with Gasteiger partial charge in [0.1, 0.15) is 5.60 Å². The SMILES string of the molecule is CN=C(NCCNC(=O)OC(C)(C)C)NCCc1cc(C)cc(C)c1. The predicted molar refractivity (Wildman–Crippen MR) is 103 cm³/mol. The predicted octanol–water partition coefficient (Wildman–Crippen LogP) is 2.54. The third-order valence-electron chi connectivity index (χ3n) is 3.30. The Morgan fingerprint density at radius 1 is 1.00 bits per heavy atom. The molecule has 0 spiro atoms. The molecule has 1 aromatic carbocycles. The Morgan fingerprint density at radius 3 is 2.12 bits per heavy atom. The third kappa shape index (κ3) is 9.59. The average molecular weight is 348 g/mol. The van der Waals surface area contributed by atoms with Crippen LogP contribution >= 0.6 is 0 Å². The van der Waals surface area contributed by atoms with Gasteiger partial charge in [0.15, 0.2) is 5.96 Å². The fraction of sp³-hybridized carbons (Fsp3) is 0.579. The number of ether oxygens (including phenoxy) is 1. The number of guanidine groups is 1. The highest BCUT2D eigenvalue weighted by Crippen LogP contribution is 2.09. The second-order valence-corrected chi connectivity index (χ2v) is 7.10. The Kier molecular flexibility index (Phi) is 8.25. The summed E-state index contributed by atoms with van der Waals surface area (Å²) >= 11 is 0. The van der Waals surface area contributed by atoms with Gasteiger partial charge in [-0.3, -0.25) is 4.99 Å². The molecule has 6 nitrogen and oxygen atoms in total. The summed E-state index contributed by atoms with van der Waals surface area (Å²) < 4.78 is 5.18. The molecule has 3 N–H and O–H groups in total. The van der Waals surface area contributed by atoms with Crippen molar-refractivity contribution in [2.24, 2.45) is 4.99 Å². The van der Waals surface area contributed by atoms with E-state index in [0.717, 1.165) is 18.9 Å². The number of amides is 1. The van der Waals surface area contributed by atoms with Crippen LogP contribution in [0.4, 0.5) is 4.79 Å². The summed E-state index contributed by atoms with van der Waals surface area (Å²) in [4.78, 5) is 15.7. The van der Waals surface area contributed by atoms with E-state index >= 15 is 0 Å². The van der Waals surface area contributed by atoms with Crippen molar-refractivity contribution in [3.63, 3.8) is 0 Å². The molecule has 1 aromatic rings. The molecular weight excluding hydrogens is 316 g/mol. The summed E-state index contributed by atoms with van der Waals surface area (Å²) in [6.07, 6.45) is 0.520. The Labute approximate surface area is 151 Å². The molecule has 0 aromatic heterocycles. The van der Waals surface area contributed by atoms with E-state index in [9.17, 15) is 4.79 Å². The van der Waals surface area contributed by atoms with Crippen molar-refractivity contribution in [1.29, 1.82) is 0 Å². The van der Waals surface area contributed by atoms with Gasteiger partial charge >= 0.3 is 6.09 Å². The number of hydrogen-bond donors (Lipinski definition) is 3. The molecule has 0 radical (unpaired) electrons. The van der Waals surface area contributed by atoms with Crippen LogP contribution in [0.15, 0.2) is 23.2 Å². The molecule has 0 saturated heterocycles. The van der Waals surface area contributed by atoms with Crippen LogP contribution in [-0.2, 0) is 11.2 Å². The molecule has 0 aliphatic heterocycles. The Bertz CT molecular complexity index is 571. The second kappa shape index (κ2) is 9.91. The molecule has 1 rings (SSSR count). The van der Waals surface area contributed by atoms with Crippen LogP contribution in [0.5, 0.6) is 0 Å². The first-order chi connectivity index (χ1) is 11.7. The van der Waals surface area contributed by atoms with Gasteiger partial charge in [0, 0.05) is 26.7 Å². The maximum atomic E-state index is 11.5. The molecule has 0 unspecified atom stereocenters. The Balaban J connectivity index is 2.25. The van der Waals surface area contributed by atoms with Gasteiger partial charge in [-0.25, -0.2) is 4.79 Å². The molecule has 25 heavy (non-hydrogen) atoms. The fourth-order valence-electron chi connectivity index (χ4n) is 2.42. The van der Waals surface area contributed by atoms with Crippen molar-refractivity contribution in [2.75, 3.05) is 26.7 Å². The molecule has 1 amide bonds. The first-order valence-electron chi connectivity index (χ1n) is 8.68. The van der Waals surface area contributed by atoms with Crippen molar-refractivity contribution in [2.45, 2.75) is 46.6 Å². The standard InChI is InChI=1S/C19H32N4O2/c1-14-11-15(2)13-16(12-14)7-8-21-17(20-6)22-9-10-23-18(24)25-19(3,4)5/h11-13H,7-10H2,1-6H3,(H,23,24)(H2,20,21,22). The summed E-state index contributed by atoms with van der Waals surface area (Å²) in [6.45, 7) is 11.6. The van der Waals surface area contributed by atoms with Crippen LogP contribution in [0.1, 0.15) is 37.5 Å². The molecule has 0 aliphatic carbocycles. The lowest BCUT2D eigenvalue weighted by atomic mass is 10.1. The number of rotatable bonds is 6. The van der Waals surface area contributed by atoms with Gasteiger partial charge in [0.05, 0.1) is 0 Å². The normalized spacial score (nSPS) is 11.8. The van der Waals surface area contributed by atoms with Crippen molar-refractivity contribution < 1.29 is 9.53 Å². The van der Waals surface area contributed by atoms with Crippen molar-refractivity contribution in [3.05, 3.63) is 34.9 Å². The van der Waals surface area contributed by atoms with E-state index in [1.165, 1.54) is 16.7 Å². The van der Waals surface area contributed by atoms with E-state index in [0.29, 0.717) is 13.1 Å². The molecule has 140 valence electrons. The van der Waals surface area contributed by atoms with Gasteiger partial charge in [-0.2, -0.15) is 0 Å². The van der Waals surface area contributed by atoms with E-state index < -0.39 is 11.7 Å². The fourth-order valence-corrected chi connectivity index (χ4v) is 2.42. The molecule has 0 saturated carbocycles. The van der Waals surface area contributed by atoms with Gasteiger partial charge in [0.2, 0.25) is 0 Å². The summed E-state index contributed by atoms with van der Waals surface area (Å²) in [5.74, 6) is 0.718. The van der Waals surface area contributed by atoms with Crippen LogP contribution in [0.3, 0.4) is 0 Å². The molecule has 0 bridgehead atoms. The largest absolute Gasteiger partial charge is 0.444 e. The zero-order valence-electron chi connectivity index (χ0n) is 16.3.